The molecular weight excluding hydrogens is 352 g/mol. The zero-order valence-electron chi connectivity index (χ0n) is 14.6. The first kappa shape index (κ1) is 18.8. The summed E-state index contributed by atoms with van der Waals surface area (Å²) < 4.78 is 11.3. The Hall–Kier alpha value is -3.03. The summed E-state index contributed by atoms with van der Waals surface area (Å²) in [7, 11) is 0. The zero-order valence-corrected chi connectivity index (χ0v) is 14.6. The molecule has 0 unspecified atom stereocenters. The molecule has 7 heteroatoms. The van der Waals surface area contributed by atoms with E-state index in [1.54, 1.807) is 25.1 Å². The number of hydrogen-bond donors (Lipinski definition) is 4. The Morgan fingerprint density at radius 2 is 1.93 bits per heavy atom. The third-order valence-electron chi connectivity index (χ3n) is 4.26. The number of ether oxygens (including phenoxy) is 2. The monoisotopic (exact) mass is 372 g/mol. The quantitative estimate of drug-likeness (QED) is 0.594. The molecule has 3 rings (SSSR count). The second-order valence-corrected chi connectivity index (χ2v) is 6.27. The number of hydrogen-bond acceptors (Lipinski definition) is 7. The minimum absolute atomic E-state index is 0.0512. The molecule has 2 aromatic carbocycles. The van der Waals surface area contributed by atoms with Crippen LogP contribution >= 0.6 is 0 Å². The van der Waals surface area contributed by atoms with Crippen LogP contribution in [0.4, 0.5) is 0 Å². The second-order valence-electron chi connectivity index (χ2n) is 6.27. The highest BCUT2D eigenvalue weighted by Gasteiger charge is 2.39. The van der Waals surface area contributed by atoms with Crippen LogP contribution in [0, 0.1) is 0 Å². The van der Waals surface area contributed by atoms with Crippen molar-refractivity contribution in [3.8, 4) is 23.0 Å². The van der Waals surface area contributed by atoms with Crippen molar-refractivity contribution in [2.75, 3.05) is 13.2 Å². The Bertz CT molecular complexity index is 871. The van der Waals surface area contributed by atoms with Crippen LogP contribution in [0.2, 0.25) is 0 Å². The molecule has 1 aliphatic heterocycles. The Balaban J connectivity index is 1.90. The van der Waals surface area contributed by atoms with E-state index in [0.29, 0.717) is 5.56 Å². The summed E-state index contributed by atoms with van der Waals surface area (Å²) in [6.45, 7) is 1.84. The average molecular weight is 372 g/mol. The van der Waals surface area contributed by atoms with Gasteiger partial charge in [0, 0.05) is 12.1 Å². The second kappa shape index (κ2) is 7.69. The topological polar surface area (TPSA) is 116 Å². The molecule has 0 saturated heterocycles. The number of fused-ring (bicyclic) bond motifs is 1. The Kier molecular flexibility index (Phi) is 5.34. The number of Topliss-reactive ketones (excluding diaryl/α,β-unsaturated/α-hetero) is 1. The average Bonchev–Trinajstić information content (AvgIpc) is 2.65. The molecular formula is C20H20O7. The van der Waals surface area contributed by atoms with Gasteiger partial charge in [0.25, 0.3) is 0 Å². The molecule has 0 amide bonds. The van der Waals surface area contributed by atoms with E-state index in [-0.39, 0.29) is 41.8 Å². The summed E-state index contributed by atoms with van der Waals surface area (Å²) in [6, 6.07) is 8.69. The van der Waals surface area contributed by atoms with Crippen molar-refractivity contribution in [3.05, 3.63) is 59.2 Å². The van der Waals surface area contributed by atoms with E-state index < -0.39 is 18.0 Å². The van der Waals surface area contributed by atoms with Gasteiger partial charge >= 0.3 is 0 Å². The molecule has 0 saturated carbocycles. The molecule has 1 heterocycles. The van der Waals surface area contributed by atoms with E-state index in [0.717, 1.165) is 5.57 Å². The maximum atomic E-state index is 12.5. The highest BCUT2D eigenvalue weighted by Crippen LogP contribution is 2.42. The molecule has 7 nitrogen and oxygen atoms in total. The largest absolute Gasteiger partial charge is 0.508 e. The molecule has 27 heavy (non-hydrogen) atoms. The van der Waals surface area contributed by atoms with Gasteiger partial charge in [0.1, 0.15) is 35.2 Å². The fourth-order valence-electron chi connectivity index (χ4n) is 2.75. The van der Waals surface area contributed by atoms with Crippen LogP contribution in [0.3, 0.4) is 0 Å². The predicted molar refractivity (Wildman–Crippen MR) is 96.3 cm³/mol. The SMILES string of the molecule is C/C(=C\COc1cc(O)c2c(c1)O[C@H](c1ccc(O)cc1)[C@@H](O)C2=O)CO. The number of rotatable bonds is 5. The first-order valence-electron chi connectivity index (χ1n) is 8.35. The van der Waals surface area contributed by atoms with Crippen molar-refractivity contribution in [2.45, 2.75) is 19.1 Å². The number of carbonyl (C=O) groups is 1. The lowest BCUT2D eigenvalue weighted by molar-refractivity contribution is 0.0210. The maximum Gasteiger partial charge on any atom is 0.202 e. The first-order chi connectivity index (χ1) is 12.9. The molecule has 0 radical (unpaired) electrons. The highest BCUT2D eigenvalue weighted by atomic mass is 16.5. The highest BCUT2D eigenvalue weighted by molar-refractivity contribution is 6.05. The summed E-state index contributed by atoms with van der Waals surface area (Å²) in [6.07, 6.45) is -0.780. The fraction of sp³-hybridized carbons (Fsp3) is 0.250. The van der Waals surface area contributed by atoms with E-state index in [1.165, 1.54) is 24.3 Å². The van der Waals surface area contributed by atoms with E-state index in [9.17, 15) is 20.1 Å². The Morgan fingerprint density at radius 1 is 1.22 bits per heavy atom. The van der Waals surface area contributed by atoms with Gasteiger partial charge in [-0.05, 0) is 36.3 Å². The maximum absolute atomic E-state index is 12.5. The summed E-state index contributed by atoms with van der Waals surface area (Å²) in [4.78, 5) is 12.5. The lowest BCUT2D eigenvalue weighted by Gasteiger charge is -2.30. The van der Waals surface area contributed by atoms with E-state index in [4.69, 9.17) is 14.6 Å². The molecule has 0 aliphatic carbocycles. The van der Waals surface area contributed by atoms with Crippen LogP contribution in [0.25, 0.3) is 0 Å². The van der Waals surface area contributed by atoms with Gasteiger partial charge in [0.15, 0.2) is 12.2 Å². The Morgan fingerprint density at radius 3 is 2.59 bits per heavy atom. The van der Waals surface area contributed by atoms with Crippen molar-refractivity contribution in [1.29, 1.82) is 0 Å². The van der Waals surface area contributed by atoms with Crippen LogP contribution in [0.5, 0.6) is 23.0 Å². The molecule has 0 spiro atoms. The van der Waals surface area contributed by atoms with Gasteiger partial charge in [-0.1, -0.05) is 12.1 Å². The lowest BCUT2D eigenvalue weighted by atomic mass is 9.93. The van der Waals surface area contributed by atoms with Crippen LogP contribution in [-0.4, -0.2) is 45.5 Å². The summed E-state index contributed by atoms with van der Waals surface area (Å²) in [5.74, 6) is -0.577. The van der Waals surface area contributed by atoms with Gasteiger partial charge in [-0.3, -0.25) is 4.79 Å². The molecule has 0 aromatic heterocycles. The predicted octanol–water partition coefficient (Wildman–Crippen LogP) is 2.09. The van der Waals surface area contributed by atoms with Crippen molar-refractivity contribution >= 4 is 5.78 Å². The van der Waals surface area contributed by atoms with E-state index in [1.807, 2.05) is 0 Å². The zero-order chi connectivity index (χ0) is 19.6. The normalized spacial score (nSPS) is 19.4. The number of phenolic OH excluding ortho intramolecular Hbond substituents is 2. The molecule has 0 bridgehead atoms. The molecule has 2 aromatic rings. The fourth-order valence-corrected chi connectivity index (χ4v) is 2.75. The van der Waals surface area contributed by atoms with Crippen molar-refractivity contribution in [3.63, 3.8) is 0 Å². The number of aliphatic hydroxyl groups excluding tert-OH is 2. The molecule has 1 aliphatic rings. The van der Waals surface area contributed by atoms with Crippen LogP contribution < -0.4 is 9.47 Å². The van der Waals surface area contributed by atoms with Crippen LogP contribution in [0.1, 0.15) is 28.9 Å². The molecule has 2 atom stereocenters. The van der Waals surface area contributed by atoms with E-state index >= 15 is 0 Å². The van der Waals surface area contributed by atoms with Gasteiger partial charge < -0.3 is 29.9 Å². The van der Waals surface area contributed by atoms with Gasteiger partial charge in [-0.2, -0.15) is 0 Å². The van der Waals surface area contributed by atoms with Crippen molar-refractivity contribution in [2.24, 2.45) is 0 Å². The molecule has 0 fully saturated rings. The molecule has 142 valence electrons. The third kappa shape index (κ3) is 3.89. The third-order valence-corrected chi connectivity index (χ3v) is 4.26. The number of carbonyl (C=O) groups excluding carboxylic acids is 1. The number of aromatic hydroxyl groups is 2. The van der Waals surface area contributed by atoms with Gasteiger partial charge in [0.2, 0.25) is 5.78 Å². The minimum Gasteiger partial charge on any atom is -0.508 e. The van der Waals surface area contributed by atoms with Crippen molar-refractivity contribution < 1.29 is 34.7 Å². The smallest absolute Gasteiger partial charge is 0.202 e. The Labute approximate surface area is 155 Å². The van der Waals surface area contributed by atoms with Crippen molar-refractivity contribution in [1.82, 2.24) is 0 Å². The number of benzene rings is 2. The molecule has 4 N–H and O–H groups in total. The summed E-state index contributed by atoms with van der Waals surface area (Å²) in [5.41, 5.74) is 1.14. The van der Waals surface area contributed by atoms with Gasteiger partial charge in [0.05, 0.1) is 6.61 Å². The minimum atomic E-state index is -1.49. The lowest BCUT2D eigenvalue weighted by Crippen LogP contribution is -2.36. The number of aliphatic hydroxyl groups is 2. The van der Waals surface area contributed by atoms with Gasteiger partial charge in [-0.25, -0.2) is 0 Å². The first-order valence-corrected chi connectivity index (χ1v) is 8.35. The summed E-state index contributed by atoms with van der Waals surface area (Å²) in [5, 5.41) is 38.9. The number of ketones is 1. The van der Waals surface area contributed by atoms with Crippen LogP contribution in [0.15, 0.2) is 48.0 Å². The van der Waals surface area contributed by atoms with Crippen LogP contribution in [-0.2, 0) is 0 Å². The summed E-state index contributed by atoms with van der Waals surface area (Å²) >= 11 is 0. The number of phenols is 2. The van der Waals surface area contributed by atoms with E-state index in [2.05, 4.69) is 0 Å². The van der Waals surface area contributed by atoms with Gasteiger partial charge in [-0.15, -0.1) is 0 Å². The standard InChI is InChI=1S/C20H20O7/c1-11(10-21)6-7-26-14-8-15(23)17-16(9-14)27-20(19(25)18(17)24)12-2-4-13(22)5-3-12/h2-6,8-9,19-23,25H,7,10H2,1H3/b11-6+/t19-,20+/m0/s1.